The Bertz CT molecular complexity index is 1240. The molecule has 17 nitrogen and oxygen atoms in total. The Morgan fingerprint density at radius 3 is 2.58 bits per heavy atom. The van der Waals surface area contributed by atoms with E-state index in [0.29, 0.717) is 0 Å². The topological polar surface area (TPSA) is 260 Å². The number of nitrogens with two attached hydrogens (primary N) is 2. The monoisotopic (exact) mass is 546 g/mol. The van der Waals surface area contributed by atoms with Gasteiger partial charge in [-0.1, -0.05) is 5.16 Å². The van der Waals surface area contributed by atoms with E-state index >= 15 is 0 Å². The van der Waals surface area contributed by atoms with Crippen LogP contribution in [0, 0.1) is 0 Å². The highest BCUT2D eigenvalue weighted by Crippen LogP contribution is 2.40. The van der Waals surface area contributed by atoms with Crippen molar-refractivity contribution in [2.75, 3.05) is 25.4 Å². The zero-order chi connectivity index (χ0) is 26.4. The second-order valence-corrected chi connectivity index (χ2v) is 10.5. The SMILES string of the molecule is NCC1CN(C[C@H]2C(NC(=O)/C(=N\OC3(C(=O)O)CC3)c3csc(N)n3)C(=O)N2S(=O)(=O)O)C(=O)N1. The smallest absolute Gasteiger partial charge is 0.362 e. The summed E-state index contributed by atoms with van der Waals surface area (Å²) >= 11 is 0.958. The number of hydrogen-bond donors (Lipinski definition) is 6. The van der Waals surface area contributed by atoms with Gasteiger partial charge in [0.15, 0.2) is 10.8 Å². The third-order valence-electron chi connectivity index (χ3n) is 5.84. The lowest BCUT2D eigenvalue weighted by atomic mass is 9.97. The second-order valence-electron chi connectivity index (χ2n) is 8.32. The van der Waals surface area contributed by atoms with E-state index in [9.17, 15) is 37.3 Å². The van der Waals surface area contributed by atoms with Crippen molar-refractivity contribution in [1.82, 2.24) is 24.8 Å². The molecule has 2 saturated heterocycles. The molecule has 36 heavy (non-hydrogen) atoms. The van der Waals surface area contributed by atoms with Crippen molar-refractivity contribution in [1.29, 1.82) is 0 Å². The number of carbonyl (C=O) groups is 4. The summed E-state index contributed by atoms with van der Waals surface area (Å²) in [6.45, 7) is -0.133. The minimum absolute atomic E-state index is 0.0644. The predicted octanol–water partition coefficient (Wildman–Crippen LogP) is -3.09. The van der Waals surface area contributed by atoms with Gasteiger partial charge in [0.05, 0.1) is 12.1 Å². The third kappa shape index (κ3) is 4.76. The van der Waals surface area contributed by atoms with E-state index in [1.54, 1.807) is 0 Å². The van der Waals surface area contributed by atoms with Crippen molar-refractivity contribution < 1.29 is 42.1 Å². The number of aliphatic carboxylic acids is 1. The van der Waals surface area contributed by atoms with Crippen LogP contribution in [0.2, 0.25) is 0 Å². The molecule has 2 unspecified atom stereocenters. The molecule has 4 amide bonds. The van der Waals surface area contributed by atoms with Gasteiger partial charge in [0.25, 0.3) is 11.8 Å². The Balaban J connectivity index is 1.56. The van der Waals surface area contributed by atoms with Crippen LogP contribution in [0.4, 0.5) is 9.93 Å². The molecule has 1 aromatic rings. The number of urea groups is 1. The minimum Gasteiger partial charge on any atom is -0.478 e. The maximum atomic E-state index is 13.1. The van der Waals surface area contributed by atoms with Gasteiger partial charge in [-0.05, 0) is 0 Å². The summed E-state index contributed by atoms with van der Waals surface area (Å²) in [7, 11) is -5.01. The summed E-state index contributed by atoms with van der Waals surface area (Å²) in [4.78, 5) is 59.4. The van der Waals surface area contributed by atoms with Crippen LogP contribution in [-0.4, -0.2) is 105 Å². The van der Waals surface area contributed by atoms with E-state index in [-0.39, 0.29) is 47.6 Å². The average Bonchev–Trinajstić information content (AvgIpc) is 3.34. The first-order valence-electron chi connectivity index (χ1n) is 10.4. The first-order chi connectivity index (χ1) is 16.9. The van der Waals surface area contributed by atoms with Gasteiger partial charge in [0.1, 0.15) is 11.7 Å². The number of nitrogens with zero attached hydrogens (tertiary/aromatic N) is 4. The van der Waals surface area contributed by atoms with E-state index in [4.69, 9.17) is 16.3 Å². The highest BCUT2D eigenvalue weighted by Gasteiger charge is 2.56. The number of nitrogen functional groups attached to an aromatic ring is 1. The molecule has 3 atom stereocenters. The standard InChI is InChI=1S/C17H22N8O9S2/c18-3-7-4-24(16(30)20-7)5-9-11(13(27)25(9)36(31,32)33)22-12(26)10(8-6-35-15(19)21-8)23-34-17(1-2-17)14(28)29/h6-7,9,11H,1-5,18H2,(H2,19,21)(H,20,30)(H,22,26)(H,28,29)(H,31,32,33)/b23-10-/t7?,9-,11?/m0/s1. The Hall–Kier alpha value is -3.55. The lowest BCUT2D eigenvalue weighted by molar-refractivity contribution is -0.153. The zero-order valence-corrected chi connectivity index (χ0v) is 20.0. The van der Waals surface area contributed by atoms with Crippen molar-refractivity contribution in [3.8, 4) is 0 Å². The molecule has 3 heterocycles. The van der Waals surface area contributed by atoms with Crippen LogP contribution >= 0.6 is 11.3 Å². The fraction of sp³-hybridized carbons (Fsp3) is 0.529. The number of β-lactam (4-membered cyclic amide) rings is 1. The molecule has 196 valence electrons. The molecular formula is C17H22N8O9S2. The Labute approximate surface area is 207 Å². The van der Waals surface area contributed by atoms with Gasteiger partial charge in [-0.15, -0.1) is 11.3 Å². The molecule has 19 heteroatoms. The van der Waals surface area contributed by atoms with Gasteiger partial charge in [-0.2, -0.15) is 8.42 Å². The van der Waals surface area contributed by atoms with Gasteiger partial charge >= 0.3 is 22.3 Å². The van der Waals surface area contributed by atoms with Crippen molar-refractivity contribution in [3.05, 3.63) is 11.1 Å². The highest BCUT2D eigenvalue weighted by molar-refractivity contribution is 7.84. The molecule has 0 radical (unpaired) electrons. The molecule has 3 fully saturated rings. The number of amides is 4. The molecule has 2 aliphatic heterocycles. The normalized spacial score (nSPS) is 25.3. The number of carboxylic acids is 1. The molecule has 8 N–H and O–H groups in total. The van der Waals surface area contributed by atoms with Gasteiger partial charge in [0, 0.05) is 37.9 Å². The van der Waals surface area contributed by atoms with Crippen molar-refractivity contribution >= 4 is 56.3 Å². The van der Waals surface area contributed by atoms with E-state index in [0.717, 1.165) is 11.3 Å². The number of carbonyl (C=O) groups excluding carboxylic acids is 3. The number of aromatic nitrogens is 1. The quantitative estimate of drug-likeness (QED) is 0.0738. The van der Waals surface area contributed by atoms with Crippen LogP contribution in [0.3, 0.4) is 0 Å². The first kappa shape index (κ1) is 25.5. The molecule has 0 spiro atoms. The summed E-state index contributed by atoms with van der Waals surface area (Å²) in [5.41, 5.74) is 8.99. The minimum atomic E-state index is -5.01. The highest BCUT2D eigenvalue weighted by atomic mass is 32.2. The summed E-state index contributed by atoms with van der Waals surface area (Å²) < 4.78 is 33.2. The summed E-state index contributed by atoms with van der Waals surface area (Å²) in [5.74, 6) is -3.49. The molecular weight excluding hydrogens is 524 g/mol. The summed E-state index contributed by atoms with van der Waals surface area (Å²) in [6, 6.07) is -3.81. The van der Waals surface area contributed by atoms with E-state index in [1.165, 1.54) is 10.3 Å². The summed E-state index contributed by atoms with van der Waals surface area (Å²) in [6.07, 6.45) is 0.322. The van der Waals surface area contributed by atoms with Gasteiger partial charge in [-0.25, -0.2) is 18.9 Å². The second kappa shape index (κ2) is 9.15. The van der Waals surface area contributed by atoms with Crippen molar-refractivity contribution in [2.45, 2.75) is 36.6 Å². The van der Waals surface area contributed by atoms with Crippen molar-refractivity contribution in [2.24, 2.45) is 10.9 Å². The molecule has 1 saturated carbocycles. The lowest BCUT2D eigenvalue weighted by Gasteiger charge is -2.45. The van der Waals surface area contributed by atoms with Crippen LogP contribution in [-0.2, 0) is 29.5 Å². The van der Waals surface area contributed by atoms with Crippen molar-refractivity contribution in [3.63, 3.8) is 0 Å². The van der Waals surface area contributed by atoms with Gasteiger partial charge in [-0.3, -0.25) is 14.1 Å². The van der Waals surface area contributed by atoms with Gasteiger partial charge in [0.2, 0.25) is 5.60 Å². The largest absolute Gasteiger partial charge is 0.478 e. The van der Waals surface area contributed by atoms with E-state index in [1.807, 2.05) is 0 Å². The number of thiazole rings is 1. The Kier molecular flexibility index (Phi) is 6.49. The number of nitrogens with one attached hydrogen (secondary N) is 2. The van der Waals surface area contributed by atoms with Crippen LogP contribution in [0.1, 0.15) is 18.5 Å². The first-order valence-corrected chi connectivity index (χ1v) is 12.7. The van der Waals surface area contributed by atoms with Crippen LogP contribution in [0.15, 0.2) is 10.5 Å². The van der Waals surface area contributed by atoms with Gasteiger partial charge < -0.3 is 36.9 Å². The molecule has 3 aliphatic rings. The molecule has 1 aromatic heterocycles. The molecule has 0 bridgehead atoms. The Morgan fingerprint density at radius 2 is 2.08 bits per heavy atom. The molecule has 4 rings (SSSR count). The van der Waals surface area contributed by atoms with E-state index in [2.05, 4.69) is 20.8 Å². The fourth-order valence-electron chi connectivity index (χ4n) is 3.72. The average molecular weight is 547 g/mol. The maximum absolute atomic E-state index is 13.1. The molecule has 1 aliphatic carbocycles. The predicted molar refractivity (Wildman–Crippen MR) is 121 cm³/mol. The number of rotatable bonds is 10. The Morgan fingerprint density at radius 1 is 1.39 bits per heavy atom. The molecule has 0 aromatic carbocycles. The lowest BCUT2D eigenvalue weighted by Crippen LogP contribution is -2.74. The van der Waals surface area contributed by atoms with Crippen LogP contribution in [0.5, 0.6) is 0 Å². The number of hydrogen-bond acceptors (Lipinski definition) is 12. The van der Waals surface area contributed by atoms with Crippen LogP contribution < -0.4 is 22.1 Å². The van der Waals surface area contributed by atoms with E-state index < -0.39 is 63.6 Å². The zero-order valence-electron chi connectivity index (χ0n) is 18.4. The number of anilines is 1. The maximum Gasteiger partial charge on any atom is 0.362 e. The fourth-order valence-corrected chi connectivity index (χ4v) is 5.14. The number of oxime groups is 1. The summed E-state index contributed by atoms with van der Waals surface area (Å²) in [5, 5.41) is 19.2. The van der Waals surface area contributed by atoms with Crippen LogP contribution in [0.25, 0.3) is 0 Å². The third-order valence-corrected chi connectivity index (χ3v) is 7.46. The number of carboxylic acid groups (broad SMARTS) is 1.